The normalized spacial score (nSPS) is 14.6. The van der Waals surface area contributed by atoms with Crippen molar-refractivity contribution in [2.24, 2.45) is 0 Å². The number of pyridine rings is 2. The fourth-order valence-corrected chi connectivity index (χ4v) is 4.06. The Morgan fingerprint density at radius 1 is 0.929 bits per heavy atom. The van der Waals surface area contributed by atoms with Gasteiger partial charge in [-0.3, -0.25) is 4.98 Å². The van der Waals surface area contributed by atoms with Crippen molar-refractivity contribution in [2.45, 2.75) is 31.7 Å². The Balaban J connectivity index is 1.71. The van der Waals surface area contributed by atoms with Crippen LogP contribution in [0.1, 0.15) is 25.7 Å². The second kappa shape index (κ2) is 7.08. The molecule has 5 heteroatoms. The van der Waals surface area contributed by atoms with Gasteiger partial charge in [0.2, 0.25) is 0 Å². The standard InChI is InChI=1S/C23H21FN4/c24-18-12-10-16(11-13-18)23-22(17-5-4-14-25-15-17)20-8-3-9-21(28(20)27-23)26-19-6-1-2-7-19/h3-5,8-15,19,26H,1-2,6-7H2. The number of fused-ring (bicyclic) bond motifs is 1. The van der Waals surface area contributed by atoms with E-state index >= 15 is 0 Å². The number of hydrogen-bond donors (Lipinski definition) is 1. The summed E-state index contributed by atoms with van der Waals surface area (Å²) in [6, 6.07) is 17.2. The minimum Gasteiger partial charge on any atom is -0.367 e. The summed E-state index contributed by atoms with van der Waals surface area (Å²) < 4.78 is 15.4. The van der Waals surface area contributed by atoms with Crippen LogP contribution in [-0.2, 0) is 0 Å². The number of benzene rings is 1. The topological polar surface area (TPSA) is 42.2 Å². The predicted molar refractivity (Wildman–Crippen MR) is 110 cm³/mol. The van der Waals surface area contributed by atoms with Crippen LogP contribution in [0.5, 0.6) is 0 Å². The third-order valence-electron chi connectivity index (χ3n) is 5.43. The molecule has 0 bridgehead atoms. The quantitative estimate of drug-likeness (QED) is 0.510. The van der Waals surface area contributed by atoms with Crippen LogP contribution in [0.2, 0.25) is 0 Å². The molecule has 1 aliphatic carbocycles. The molecule has 1 fully saturated rings. The zero-order valence-corrected chi connectivity index (χ0v) is 15.5. The maximum Gasteiger partial charge on any atom is 0.128 e. The molecule has 1 aromatic carbocycles. The second-order valence-corrected chi connectivity index (χ2v) is 7.31. The van der Waals surface area contributed by atoms with Crippen LogP contribution < -0.4 is 5.32 Å². The van der Waals surface area contributed by atoms with Crippen LogP contribution in [0.4, 0.5) is 10.2 Å². The lowest BCUT2D eigenvalue weighted by Crippen LogP contribution is -2.16. The van der Waals surface area contributed by atoms with Gasteiger partial charge in [0.1, 0.15) is 17.3 Å². The minimum absolute atomic E-state index is 0.251. The fourth-order valence-electron chi connectivity index (χ4n) is 4.06. The van der Waals surface area contributed by atoms with Gasteiger partial charge >= 0.3 is 0 Å². The Morgan fingerprint density at radius 3 is 2.50 bits per heavy atom. The number of halogens is 1. The monoisotopic (exact) mass is 372 g/mol. The van der Waals surface area contributed by atoms with Gasteiger partial charge in [-0.2, -0.15) is 5.10 Å². The smallest absolute Gasteiger partial charge is 0.128 e. The second-order valence-electron chi connectivity index (χ2n) is 7.31. The van der Waals surface area contributed by atoms with Crippen molar-refractivity contribution in [2.75, 3.05) is 5.32 Å². The molecule has 0 atom stereocenters. The number of nitrogens with zero attached hydrogens (tertiary/aromatic N) is 3. The molecule has 5 rings (SSSR count). The highest BCUT2D eigenvalue weighted by Gasteiger charge is 2.20. The van der Waals surface area contributed by atoms with Crippen molar-refractivity contribution in [1.29, 1.82) is 0 Å². The van der Waals surface area contributed by atoms with Crippen molar-refractivity contribution >= 4 is 11.3 Å². The molecule has 4 nitrogen and oxygen atoms in total. The summed E-state index contributed by atoms with van der Waals surface area (Å²) in [6.07, 6.45) is 8.54. The van der Waals surface area contributed by atoms with E-state index in [1.54, 1.807) is 18.3 Å². The molecular weight excluding hydrogens is 351 g/mol. The Bertz CT molecular complexity index is 1100. The molecule has 1 N–H and O–H groups in total. The molecule has 1 saturated carbocycles. The van der Waals surface area contributed by atoms with E-state index in [9.17, 15) is 4.39 Å². The fraction of sp³-hybridized carbons (Fsp3) is 0.217. The Hall–Kier alpha value is -3.21. The lowest BCUT2D eigenvalue weighted by atomic mass is 10.0. The third kappa shape index (κ3) is 3.03. The largest absolute Gasteiger partial charge is 0.367 e. The van der Waals surface area contributed by atoms with E-state index < -0.39 is 0 Å². The van der Waals surface area contributed by atoms with Gasteiger partial charge in [0, 0.05) is 35.1 Å². The van der Waals surface area contributed by atoms with E-state index in [4.69, 9.17) is 5.10 Å². The van der Waals surface area contributed by atoms with Crippen LogP contribution in [0, 0.1) is 5.82 Å². The molecule has 3 heterocycles. The lowest BCUT2D eigenvalue weighted by Gasteiger charge is -2.14. The van der Waals surface area contributed by atoms with Gasteiger partial charge in [-0.25, -0.2) is 8.91 Å². The Labute approximate surface area is 163 Å². The summed E-state index contributed by atoms with van der Waals surface area (Å²) >= 11 is 0. The first-order valence-corrected chi connectivity index (χ1v) is 9.74. The van der Waals surface area contributed by atoms with Gasteiger partial charge in [0.15, 0.2) is 0 Å². The molecule has 0 spiro atoms. The summed E-state index contributed by atoms with van der Waals surface area (Å²) in [5.74, 6) is 0.738. The summed E-state index contributed by atoms with van der Waals surface area (Å²) in [4.78, 5) is 4.29. The zero-order chi connectivity index (χ0) is 18.9. The first-order valence-electron chi connectivity index (χ1n) is 9.74. The number of anilines is 1. The molecular formula is C23H21FN4. The van der Waals surface area contributed by atoms with Crippen molar-refractivity contribution in [3.05, 3.63) is 72.8 Å². The molecule has 140 valence electrons. The number of aromatic nitrogens is 3. The van der Waals surface area contributed by atoms with Gasteiger partial charge in [-0.05, 0) is 55.3 Å². The van der Waals surface area contributed by atoms with E-state index in [2.05, 4.69) is 28.5 Å². The van der Waals surface area contributed by atoms with Crippen LogP contribution in [-0.4, -0.2) is 20.6 Å². The van der Waals surface area contributed by atoms with Crippen LogP contribution in [0.3, 0.4) is 0 Å². The van der Waals surface area contributed by atoms with Gasteiger partial charge < -0.3 is 5.32 Å². The lowest BCUT2D eigenvalue weighted by molar-refractivity contribution is 0.628. The predicted octanol–water partition coefficient (Wildman–Crippen LogP) is 5.56. The van der Waals surface area contributed by atoms with Crippen molar-refractivity contribution in [3.8, 4) is 22.4 Å². The Morgan fingerprint density at radius 2 is 1.75 bits per heavy atom. The highest BCUT2D eigenvalue weighted by molar-refractivity contribution is 5.92. The van der Waals surface area contributed by atoms with E-state index in [-0.39, 0.29) is 5.82 Å². The third-order valence-corrected chi connectivity index (χ3v) is 5.43. The van der Waals surface area contributed by atoms with Crippen LogP contribution >= 0.6 is 0 Å². The molecule has 1 aliphatic rings. The highest BCUT2D eigenvalue weighted by atomic mass is 19.1. The summed E-state index contributed by atoms with van der Waals surface area (Å²) in [5.41, 5.74) is 4.73. The molecule has 0 saturated heterocycles. The van der Waals surface area contributed by atoms with Crippen LogP contribution in [0.15, 0.2) is 67.0 Å². The molecule has 0 unspecified atom stereocenters. The van der Waals surface area contributed by atoms with Crippen molar-refractivity contribution in [3.63, 3.8) is 0 Å². The zero-order valence-electron chi connectivity index (χ0n) is 15.5. The van der Waals surface area contributed by atoms with Crippen LogP contribution in [0.25, 0.3) is 27.9 Å². The van der Waals surface area contributed by atoms with Gasteiger partial charge in [0.25, 0.3) is 0 Å². The number of rotatable bonds is 4. The van der Waals surface area contributed by atoms with Crippen molar-refractivity contribution < 1.29 is 4.39 Å². The van der Waals surface area contributed by atoms with E-state index in [1.165, 1.54) is 37.8 Å². The molecule has 4 aromatic rings. The first kappa shape index (κ1) is 16.9. The van der Waals surface area contributed by atoms with Gasteiger partial charge in [0.05, 0.1) is 5.52 Å². The maximum absolute atomic E-state index is 13.5. The van der Waals surface area contributed by atoms with E-state index in [0.29, 0.717) is 6.04 Å². The average molecular weight is 372 g/mol. The summed E-state index contributed by atoms with van der Waals surface area (Å²) in [6.45, 7) is 0. The highest BCUT2D eigenvalue weighted by Crippen LogP contribution is 2.36. The first-order chi connectivity index (χ1) is 13.8. The SMILES string of the molecule is Fc1ccc(-c2nn3c(NC4CCCC4)cccc3c2-c2cccnc2)cc1. The molecule has 0 radical (unpaired) electrons. The Kier molecular flexibility index (Phi) is 4.28. The van der Waals surface area contributed by atoms with Gasteiger partial charge in [-0.1, -0.05) is 25.0 Å². The van der Waals surface area contributed by atoms with Crippen molar-refractivity contribution in [1.82, 2.24) is 14.6 Å². The van der Waals surface area contributed by atoms with E-state index in [1.807, 2.05) is 22.8 Å². The average Bonchev–Trinajstić information content (AvgIpc) is 3.37. The van der Waals surface area contributed by atoms with E-state index in [0.717, 1.165) is 33.7 Å². The number of hydrogen-bond acceptors (Lipinski definition) is 3. The molecule has 3 aromatic heterocycles. The molecule has 0 aliphatic heterocycles. The minimum atomic E-state index is -0.251. The number of nitrogens with one attached hydrogen (secondary N) is 1. The van der Waals surface area contributed by atoms with Gasteiger partial charge in [-0.15, -0.1) is 0 Å². The summed E-state index contributed by atoms with van der Waals surface area (Å²) in [5, 5.41) is 8.60. The summed E-state index contributed by atoms with van der Waals surface area (Å²) in [7, 11) is 0. The maximum atomic E-state index is 13.5. The molecule has 0 amide bonds. The molecule has 28 heavy (non-hydrogen) atoms.